The molecule has 1 atom stereocenters. The fourth-order valence-electron chi connectivity index (χ4n) is 5.03. The van der Waals surface area contributed by atoms with E-state index in [2.05, 4.69) is 15.2 Å². The largest absolute Gasteiger partial charge is 0.356 e. The summed E-state index contributed by atoms with van der Waals surface area (Å²) in [6.07, 6.45) is 6.77. The zero-order valence-corrected chi connectivity index (χ0v) is 18.7. The van der Waals surface area contributed by atoms with Gasteiger partial charge in [-0.1, -0.05) is 31.5 Å². The lowest BCUT2D eigenvalue weighted by molar-refractivity contribution is -0.126. The second-order valence-corrected chi connectivity index (χ2v) is 9.24. The van der Waals surface area contributed by atoms with Gasteiger partial charge in [-0.15, -0.1) is 0 Å². The summed E-state index contributed by atoms with van der Waals surface area (Å²) >= 11 is 0. The first-order chi connectivity index (χ1) is 15.1. The number of amides is 2. The number of fused-ring (bicyclic) bond motifs is 1. The van der Waals surface area contributed by atoms with Gasteiger partial charge in [0, 0.05) is 36.5 Å². The van der Waals surface area contributed by atoms with Crippen LogP contribution in [0.2, 0.25) is 0 Å². The van der Waals surface area contributed by atoms with E-state index in [1.165, 1.54) is 32.4 Å². The number of nitrogens with zero attached hydrogens (tertiary/aromatic N) is 2. The summed E-state index contributed by atoms with van der Waals surface area (Å²) < 4.78 is 0. The molecule has 3 heterocycles. The lowest BCUT2D eigenvalue weighted by Gasteiger charge is -2.34. The van der Waals surface area contributed by atoms with Crippen LogP contribution in [0.4, 0.5) is 0 Å². The molecule has 2 saturated heterocycles. The van der Waals surface area contributed by atoms with Crippen molar-refractivity contribution < 1.29 is 9.59 Å². The fourth-order valence-corrected chi connectivity index (χ4v) is 5.03. The lowest BCUT2D eigenvalue weighted by Crippen LogP contribution is -2.43. The van der Waals surface area contributed by atoms with E-state index < -0.39 is 0 Å². The Hall–Kier alpha value is -2.34. The van der Waals surface area contributed by atoms with E-state index in [0.717, 1.165) is 43.3 Å². The SMILES string of the molecule is C[C@H](C(=O)NCCCN1CCCCC1)C1CCN(C(=O)c2cc3ccccc3[nH]2)CC1. The van der Waals surface area contributed by atoms with Crippen molar-refractivity contribution >= 4 is 22.7 Å². The second kappa shape index (κ2) is 10.3. The highest BCUT2D eigenvalue weighted by Crippen LogP contribution is 2.26. The summed E-state index contributed by atoms with van der Waals surface area (Å²) in [7, 11) is 0. The molecule has 4 rings (SSSR count). The number of carbonyl (C=O) groups excluding carboxylic acids is 2. The first-order valence-electron chi connectivity index (χ1n) is 12.0. The van der Waals surface area contributed by atoms with Gasteiger partial charge in [0.25, 0.3) is 5.91 Å². The molecule has 6 nitrogen and oxygen atoms in total. The Kier molecular flexibility index (Phi) is 7.28. The van der Waals surface area contributed by atoms with E-state index >= 15 is 0 Å². The van der Waals surface area contributed by atoms with E-state index in [1.807, 2.05) is 42.2 Å². The minimum Gasteiger partial charge on any atom is -0.356 e. The van der Waals surface area contributed by atoms with Crippen LogP contribution in [0.1, 0.15) is 55.9 Å². The molecule has 1 aromatic carbocycles. The molecule has 2 amide bonds. The average Bonchev–Trinajstić information content (AvgIpc) is 3.26. The van der Waals surface area contributed by atoms with Gasteiger partial charge in [-0.25, -0.2) is 0 Å². The number of likely N-dealkylation sites (tertiary alicyclic amines) is 2. The molecule has 0 bridgehead atoms. The highest BCUT2D eigenvalue weighted by Gasteiger charge is 2.30. The maximum Gasteiger partial charge on any atom is 0.270 e. The molecule has 2 fully saturated rings. The van der Waals surface area contributed by atoms with Crippen LogP contribution in [0.3, 0.4) is 0 Å². The number of piperidine rings is 2. The predicted molar refractivity (Wildman–Crippen MR) is 124 cm³/mol. The number of H-pyrrole nitrogens is 1. The molecule has 31 heavy (non-hydrogen) atoms. The van der Waals surface area contributed by atoms with Crippen molar-refractivity contribution in [3.63, 3.8) is 0 Å². The molecule has 6 heteroatoms. The third-order valence-electron chi connectivity index (χ3n) is 7.11. The van der Waals surface area contributed by atoms with E-state index in [0.29, 0.717) is 24.7 Å². The second-order valence-electron chi connectivity index (χ2n) is 9.24. The third kappa shape index (κ3) is 5.48. The maximum atomic E-state index is 12.9. The van der Waals surface area contributed by atoms with Crippen molar-refractivity contribution in [1.82, 2.24) is 20.1 Å². The van der Waals surface area contributed by atoms with Crippen molar-refractivity contribution in [1.29, 1.82) is 0 Å². The molecular formula is C25H36N4O2. The summed E-state index contributed by atoms with van der Waals surface area (Å²) in [5.41, 5.74) is 1.64. The van der Waals surface area contributed by atoms with Crippen molar-refractivity contribution in [3.8, 4) is 0 Å². The Labute approximate surface area is 185 Å². The molecule has 0 saturated carbocycles. The Morgan fingerprint density at radius 3 is 2.58 bits per heavy atom. The molecule has 2 aliphatic rings. The number of aromatic amines is 1. The molecule has 0 spiro atoms. The quantitative estimate of drug-likeness (QED) is 0.667. The van der Waals surface area contributed by atoms with E-state index in [4.69, 9.17) is 0 Å². The number of hydrogen-bond acceptors (Lipinski definition) is 3. The normalized spacial score (nSPS) is 19.5. The Balaban J connectivity index is 1.19. The van der Waals surface area contributed by atoms with Crippen LogP contribution in [0.15, 0.2) is 30.3 Å². The number of nitrogens with one attached hydrogen (secondary N) is 2. The van der Waals surface area contributed by atoms with Gasteiger partial charge in [0.2, 0.25) is 5.91 Å². The Bertz CT molecular complexity index is 846. The number of hydrogen-bond donors (Lipinski definition) is 2. The minimum atomic E-state index is 0.000291. The van der Waals surface area contributed by atoms with Crippen LogP contribution in [-0.2, 0) is 4.79 Å². The van der Waals surface area contributed by atoms with Gasteiger partial charge >= 0.3 is 0 Å². The standard InChI is InChI=1S/C25H36N4O2/c1-19(24(30)26-12-7-15-28-13-5-2-6-14-28)20-10-16-29(17-11-20)25(31)23-18-21-8-3-4-9-22(21)27-23/h3-4,8-9,18-20,27H,2,5-7,10-17H2,1H3,(H,26,30)/t19-/m0/s1. The van der Waals surface area contributed by atoms with Gasteiger partial charge in [0.15, 0.2) is 0 Å². The number of aromatic nitrogens is 1. The predicted octanol–water partition coefficient (Wildman–Crippen LogP) is 3.65. The monoisotopic (exact) mass is 424 g/mol. The van der Waals surface area contributed by atoms with Crippen molar-refractivity contribution in [2.45, 2.75) is 45.4 Å². The topological polar surface area (TPSA) is 68.4 Å². The van der Waals surface area contributed by atoms with E-state index in [9.17, 15) is 9.59 Å². The molecule has 168 valence electrons. The zero-order chi connectivity index (χ0) is 21.6. The molecule has 0 aliphatic carbocycles. The van der Waals surface area contributed by atoms with Gasteiger partial charge in [0.1, 0.15) is 5.69 Å². The van der Waals surface area contributed by atoms with Crippen molar-refractivity contribution in [2.24, 2.45) is 11.8 Å². The fraction of sp³-hybridized carbons (Fsp3) is 0.600. The molecule has 1 aromatic heterocycles. The van der Waals surface area contributed by atoms with Crippen molar-refractivity contribution in [2.75, 3.05) is 39.3 Å². The summed E-state index contributed by atoms with van der Waals surface area (Å²) in [4.78, 5) is 33.2. The highest BCUT2D eigenvalue weighted by molar-refractivity contribution is 5.98. The first kappa shape index (κ1) is 21.9. The van der Waals surface area contributed by atoms with Crippen molar-refractivity contribution in [3.05, 3.63) is 36.0 Å². The molecule has 0 unspecified atom stereocenters. The number of rotatable bonds is 7. The maximum absolute atomic E-state index is 12.9. The Morgan fingerprint density at radius 2 is 1.84 bits per heavy atom. The summed E-state index contributed by atoms with van der Waals surface area (Å²) in [5, 5.41) is 4.20. The smallest absolute Gasteiger partial charge is 0.270 e. The highest BCUT2D eigenvalue weighted by atomic mass is 16.2. The van der Waals surface area contributed by atoms with E-state index in [-0.39, 0.29) is 17.7 Å². The van der Waals surface area contributed by atoms with Crippen LogP contribution >= 0.6 is 0 Å². The van der Waals surface area contributed by atoms with Crippen LogP contribution in [-0.4, -0.2) is 65.9 Å². The van der Waals surface area contributed by atoms with Gasteiger partial charge in [-0.05, 0) is 69.8 Å². The number of benzene rings is 1. The van der Waals surface area contributed by atoms with Gasteiger partial charge in [0.05, 0.1) is 0 Å². The molecule has 2 aromatic rings. The van der Waals surface area contributed by atoms with Gasteiger partial charge < -0.3 is 20.1 Å². The van der Waals surface area contributed by atoms with Gasteiger partial charge in [-0.3, -0.25) is 9.59 Å². The minimum absolute atomic E-state index is 0.000291. The average molecular weight is 425 g/mol. The van der Waals surface area contributed by atoms with Crippen LogP contribution < -0.4 is 5.32 Å². The first-order valence-corrected chi connectivity index (χ1v) is 12.0. The van der Waals surface area contributed by atoms with Crippen LogP contribution in [0.25, 0.3) is 10.9 Å². The van der Waals surface area contributed by atoms with Crippen LogP contribution in [0, 0.1) is 11.8 Å². The molecule has 2 aliphatic heterocycles. The number of carbonyl (C=O) groups is 2. The summed E-state index contributed by atoms with van der Waals surface area (Å²) in [5.74, 6) is 0.567. The Morgan fingerprint density at radius 1 is 1.10 bits per heavy atom. The van der Waals surface area contributed by atoms with Gasteiger partial charge in [-0.2, -0.15) is 0 Å². The third-order valence-corrected chi connectivity index (χ3v) is 7.11. The molecule has 2 N–H and O–H groups in total. The summed E-state index contributed by atoms with van der Waals surface area (Å²) in [6.45, 7) is 7.73. The van der Waals surface area contributed by atoms with Crippen LogP contribution in [0.5, 0.6) is 0 Å². The molecule has 0 radical (unpaired) electrons. The van der Waals surface area contributed by atoms with E-state index in [1.54, 1.807) is 0 Å². The molecular weight excluding hydrogens is 388 g/mol. The summed E-state index contributed by atoms with van der Waals surface area (Å²) in [6, 6.07) is 9.89. The number of para-hydroxylation sites is 1. The zero-order valence-electron chi connectivity index (χ0n) is 18.7. The lowest BCUT2D eigenvalue weighted by atomic mass is 9.84.